The summed E-state index contributed by atoms with van der Waals surface area (Å²) in [6, 6.07) is 14.9. The Hall–Kier alpha value is -2.64. The van der Waals surface area contributed by atoms with Crippen LogP contribution in [0.15, 0.2) is 58.2 Å². The minimum Gasteiger partial charge on any atom is -0.323 e. The van der Waals surface area contributed by atoms with E-state index in [9.17, 15) is 9.59 Å². The predicted molar refractivity (Wildman–Crippen MR) is 105 cm³/mol. The van der Waals surface area contributed by atoms with Gasteiger partial charge in [-0.25, -0.2) is 4.98 Å². The zero-order valence-corrected chi connectivity index (χ0v) is 15.5. The van der Waals surface area contributed by atoms with Crippen molar-refractivity contribution in [2.24, 2.45) is 0 Å². The number of benzene rings is 2. The van der Waals surface area contributed by atoms with E-state index in [0.717, 1.165) is 15.5 Å². The van der Waals surface area contributed by atoms with Gasteiger partial charge in [-0.1, -0.05) is 24.3 Å². The van der Waals surface area contributed by atoms with Gasteiger partial charge in [-0.3, -0.25) is 9.59 Å². The Morgan fingerprint density at radius 3 is 2.73 bits per heavy atom. The molecule has 0 spiro atoms. The number of hydrogen-bond donors (Lipinski definition) is 3. The number of para-hydroxylation sites is 2. The number of carbonyl (C=O) groups is 1. The van der Waals surface area contributed by atoms with E-state index < -0.39 is 0 Å². The number of amides is 1. The molecule has 6 nitrogen and oxygen atoms in total. The topological polar surface area (TPSA) is 79.3 Å². The van der Waals surface area contributed by atoms with Crippen LogP contribution >= 0.6 is 11.8 Å². The first kappa shape index (κ1) is 18.2. The first-order chi connectivity index (χ1) is 12.6. The van der Waals surface area contributed by atoms with Crippen LogP contribution in [-0.2, 0) is 11.3 Å². The van der Waals surface area contributed by atoms with Gasteiger partial charge >= 0.3 is 0 Å². The number of quaternary nitrogens is 1. The summed E-state index contributed by atoms with van der Waals surface area (Å²) in [7, 11) is 1.90. The Morgan fingerprint density at radius 1 is 1.19 bits per heavy atom. The molecule has 26 heavy (non-hydrogen) atoms. The molecule has 0 saturated carbocycles. The molecule has 0 bridgehead atoms. The standard InChI is InChI=1S/C19H20N4O2S/c1-23(12-18(24)21-15-9-5-6-10-16(15)26-2)11-17-20-14-8-4-3-7-13(14)19(25)22-17/h3-10H,11-12H2,1-2H3,(H,21,24)(H,20,22,25)/p+1. The highest BCUT2D eigenvalue weighted by atomic mass is 32.2. The van der Waals surface area contributed by atoms with E-state index in [2.05, 4.69) is 15.3 Å². The molecule has 1 heterocycles. The summed E-state index contributed by atoms with van der Waals surface area (Å²) in [5.74, 6) is 0.496. The number of H-pyrrole nitrogens is 1. The molecule has 0 saturated heterocycles. The summed E-state index contributed by atoms with van der Waals surface area (Å²) in [5, 5.41) is 3.52. The maximum absolute atomic E-state index is 12.3. The molecule has 3 aromatic rings. The maximum atomic E-state index is 12.3. The van der Waals surface area contributed by atoms with Gasteiger partial charge in [0.05, 0.1) is 23.6 Å². The van der Waals surface area contributed by atoms with Gasteiger partial charge in [-0.15, -0.1) is 11.8 Å². The van der Waals surface area contributed by atoms with E-state index in [-0.39, 0.29) is 18.0 Å². The number of anilines is 1. The first-order valence-corrected chi connectivity index (χ1v) is 9.51. The highest BCUT2D eigenvalue weighted by Gasteiger charge is 2.14. The average Bonchev–Trinajstić information content (AvgIpc) is 2.62. The molecule has 0 fully saturated rings. The smallest absolute Gasteiger partial charge is 0.279 e. The summed E-state index contributed by atoms with van der Waals surface area (Å²) in [6.07, 6.45) is 1.98. The second-order valence-electron chi connectivity index (χ2n) is 6.09. The van der Waals surface area contributed by atoms with Gasteiger partial charge in [-0.05, 0) is 30.5 Å². The van der Waals surface area contributed by atoms with Crippen LogP contribution in [0.5, 0.6) is 0 Å². The lowest BCUT2D eigenvalue weighted by Gasteiger charge is -2.14. The number of aromatic amines is 1. The largest absolute Gasteiger partial charge is 0.323 e. The van der Waals surface area contributed by atoms with E-state index in [0.29, 0.717) is 23.3 Å². The minimum atomic E-state index is -0.156. The van der Waals surface area contributed by atoms with Crippen molar-refractivity contribution in [1.29, 1.82) is 0 Å². The molecule has 7 heteroatoms. The summed E-state index contributed by atoms with van der Waals surface area (Å²) >= 11 is 1.59. The molecule has 3 rings (SSSR count). The second kappa shape index (κ2) is 8.16. The van der Waals surface area contributed by atoms with Crippen molar-refractivity contribution in [2.45, 2.75) is 11.4 Å². The Labute approximate surface area is 155 Å². The van der Waals surface area contributed by atoms with Crippen molar-refractivity contribution < 1.29 is 9.69 Å². The number of nitrogens with one attached hydrogen (secondary N) is 3. The van der Waals surface area contributed by atoms with Crippen LogP contribution in [0.2, 0.25) is 0 Å². The number of fused-ring (bicyclic) bond motifs is 1. The monoisotopic (exact) mass is 369 g/mol. The lowest BCUT2D eigenvalue weighted by Crippen LogP contribution is -3.08. The summed E-state index contributed by atoms with van der Waals surface area (Å²) in [5.41, 5.74) is 1.32. The second-order valence-corrected chi connectivity index (χ2v) is 6.94. The van der Waals surface area contributed by atoms with E-state index in [1.54, 1.807) is 17.8 Å². The lowest BCUT2D eigenvalue weighted by atomic mass is 10.2. The molecular weight excluding hydrogens is 348 g/mol. The van der Waals surface area contributed by atoms with Crippen molar-refractivity contribution in [1.82, 2.24) is 9.97 Å². The van der Waals surface area contributed by atoms with Crippen LogP contribution in [0.3, 0.4) is 0 Å². The molecule has 2 aromatic carbocycles. The van der Waals surface area contributed by atoms with Crippen molar-refractivity contribution >= 4 is 34.3 Å². The predicted octanol–water partition coefficient (Wildman–Crippen LogP) is 1.30. The van der Waals surface area contributed by atoms with Gasteiger partial charge in [-0.2, -0.15) is 0 Å². The molecule has 1 aromatic heterocycles. The Balaban J connectivity index is 1.66. The molecule has 3 N–H and O–H groups in total. The molecule has 0 aliphatic carbocycles. The highest BCUT2D eigenvalue weighted by molar-refractivity contribution is 7.98. The first-order valence-electron chi connectivity index (χ1n) is 8.29. The van der Waals surface area contributed by atoms with Crippen LogP contribution < -0.4 is 15.8 Å². The third kappa shape index (κ3) is 4.30. The number of likely N-dealkylation sites (N-methyl/N-ethyl adjacent to an activating group) is 1. The van der Waals surface area contributed by atoms with Crippen molar-refractivity contribution in [3.8, 4) is 0 Å². The SMILES string of the molecule is CSc1ccccc1NC(=O)C[NH+](C)Cc1nc2ccccc2c(=O)[nH]1. The normalized spacial score (nSPS) is 12.1. The summed E-state index contributed by atoms with van der Waals surface area (Å²) < 4.78 is 0. The average molecular weight is 369 g/mol. The third-order valence-corrected chi connectivity index (χ3v) is 4.77. The van der Waals surface area contributed by atoms with Gasteiger partial charge in [0, 0.05) is 4.90 Å². The Bertz CT molecular complexity index is 986. The van der Waals surface area contributed by atoms with Gasteiger partial charge < -0.3 is 15.2 Å². The van der Waals surface area contributed by atoms with E-state index >= 15 is 0 Å². The van der Waals surface area contributed by atoms with E-state index in [4.69, 9.17) is 0 Å². The maximum Gasteiger partial charge on any atom is 0.279 e. The van der Waals surface area contributed by atoms with Crippen LogP contribution in [-0.4, -0.2) is 35.7 Å². The van der Waals surface area contributed by atoms with E-state index in [1.165, 1.54) is 0 Å². The minimum absolute atomic E-state index is 0.0767. The van der Waals surface area contributed by atoms with Crippen LogP contribution in [0, 0.1) is 0 Å². The van der Waals surface area contributed by atoms with Crippen molar-refractivity contribution in [2.75, 3.05) is 25.2 Å². The van der Waals surface area contributed by atoms with Crippen LogP contribution in [0.25, 0.3) is 10.9 Å². The lowest BCUT2D eigenvalue weighted by molar-refractivity contribution is -0.885. The fraction of sp³-hybridized carbons (Fsp3) is 0.211. The van der Waals surface area contributed by atoms with Gasteiger partial charge in [0.1, 0.15) is 6.54 Å². The van der Waals surface area contributed by atoms with E-state index in [1.807, 2.05) is 55.8 Å². The number of thioether (sulfide) groups is 1. The van der Waals surface area contributed by atoms with Crippen LogP contribution in [0.1, 0.15) is 5.82 Å². The number of nitrogens with zero attached hydrogens (tertiary/aromatic N) is 1. The molecule has 0 radical (unpaired) electrons. The van der Waals surface area contributed by atoms with Gasteiger partial charge in [0.2, 0.25) is 0 Å². The molecule has 1 amide bonds. The third-order valence-electron chi connectivity index (χ3n) is 3.97. The Kier molecular flexibility index (Phi) is 5.70. The zero-order valence-electron chi connectivity index (χ0n) is 14.7. The van der Waals surface area contributed by atoms with Crippen LogP contribution in [0.4, 0.5) is 5.69 Å². The summed E-state index contributed by atoms with van der Waals surface area (Å²) in [4.78, 5) is 33.7. The Morgan fingerprint density at radius 2 is 1.92 bits per heavy atom. The zero-order chi connectivity index (χ0) is 18.5. The number of aromatic nitrogens is 2. The van der Waals surface area contributed by atoms with Crippen molar-refractivity contribution in [3.63, 3.8) is 0 Å². The fourth-order valence-corrected chi connectivity index (χ4v) is 3.34. The number of hydrogen-bond acceptors (Lipinski definition) is 4. The molecule has 1 atom stereocenters. The van der Waals surface area contributed by atoms with Gasteiger partial charge in [0.15, 0.2) is 12.4 Å². The molecule has 134 valence electrons. The molecular formula is C19H21N4O2S+. The van der Waals surface area contributed by atoms with Crippen molar-refractivity contribution in [3.05, 3.63) is 64.7 Å². The highest BCUT2D eigenvalue weighted by Crippen LogP contribution is 2.24. The fourth-order valence-electron chi connectivity index (χ4n) is 2.78. The summed E-state index contributed by atoms with van der Waals surface area (Å²) in [6.45, 7) is 0.733. The number of carbonyl (C=O) groups excluding carboxylic acids is 1. The molecule has 1 unspecified atom stereocenters. The molecule has 0 aliphatic rings. The number of rotatable bonds is 6. The quantitative estimate of drug-likeness (QED) is 0.572. The van der Waals surface area contributed by atoms with Gasteiger partial charge in [0.25, 0.3) is 11.5 Å². The molecule has 0 aliphatic heterocycles.